The Morgan fingerprint density at radius 3 is 2.37 bits per heavy atom. The quantitative estimate of drug-likeness (QED) is 0.751. The van der Waals surface area contributed by atoms with Crippen LogP contribution in [0.15, 0.2) is 53.4 Å². The maximum Gasteiger partial charge on any atom is 0.337 e. The molecule has 0 aromatic heterocycles. The number of hydrogen-bond donors (Lipinski definition) is 0. The first-order valence-corrected chi connectivity index (χ1v) is 10.4. The van der Waals surface area contributed by atoms with Crippen molar-refractivity contribution in [1.82, 2.24) is 9.21 Å². The number of carbonyl (C=O) groups excluding carboxylic acids is 1. The van der Waals surface area contributed by atoms with Crippen molar-refractivity contribution < 1.29 is 17.9 Å². The maximum atomic E-state index is 12.8. The molecule has 1 fully saturated rings. The molecule has 0 aliphatic carbocycles. The van der Waals surface area contributed by atoms with E-state index < -0.39 is 16.0 Å². The van der Waals surface area contributed by atoms with E-state index in [2.05, 4.69) is 33.9 Å². The number of carbonyl (C=O) groups is 1. The fraction of sp³-hybridized carbons (Fsp3) is 0.350. The highest BCUT2D eigenvalue weighted by molar-refractivity contribution is 7.89. The SMILES string of the molecule is COC(=O)c1ccc(S(=O)(=O)N2CC(N3CCc4ccccc4C3)C2)cc1. The summed E-state index contributed by atoms with van der Waals surface area (Å²) in [7, 11) is -2.23. The number of fused-ring (bicyclic) bond motifs is 1. The van der Waals surface area contributed by atoms with Crippen LogP contribution in [0.5, 0.6) is 0 Å². The summed E-state index contributed by atoms with van der Waals surface area (Å²) in [5.41, 5.74) is 3.07. The third-order valence-electron chi connectivity index (χ3n) is 5.42. The smallest absolute Gasteiger partial charge is 0.337 e. The van der Waals surface area contributed by atoms with Crippen molar-refractivity contribution in [2.24, 2.45) is 0 Å². The molecule has 27 heavy (non-hydrogen) atoms. The van der Waals surface area contributed by atoms with E-state index in [9.17, 15) is 13.2 Å². The zero-order chi connectivity index (χ0) is 19.0. The zero-order valence-corrected chi connectivity index (χ0v) is 16.0. The Bertz CT molecular complexity index is 950. The van der Waals surface area contributed by atoms with E-state index >= 15 is 0 Å². The Kier molecular flexibility index (Phi) is 4.75. The number of ether oxygens (including phenoxy) is 1. The monoisotopic (exact) mass is 386 g/mol. The second-order valence-corrected chi connectivity index (χ2v) is 8.92. The van der Waals surface area contributed by atoms with Gasteiger partial charge in [0.25, 0.3) is 0 Å². The third-order valence-corrected chi connectivity index (χ3v) is 7.26. The number of sulfonamides is 1. The molecule has 2 aliphatic heterocycles. The average molecular weight is 386 g/mol. The molecule has 0 unspecified atom stereocenters. The molecule has 0 amide bonds. The predicted octanol–water partition coefficient (Wildman–Crippen LogP) is 1.90. The van der Waals surface area contributed by atoms with Crippen LogP contribution in [0.1, 0.15) is 21.5 Å². The fourth-order valence-corrected chi connectivity index (χ4v) is 5.22. The average Bonchev–Trinajstić information content (AvgIpc) is 2.66. The van der Waals surface area contributed by atoms with Crippen molar-refractivity contribution >= 4 is 16.0 Å². The maximum absolute atomic E-state index is 12.8. The van der Waals surface area contributed by atoms with Crippen molar-refractivity contribution in [2.45, 2.75) is 23.9 Å². The first kappa shape index (κ1) is 18.2. The molecular formula is C20H22N2O4S. The Balaban J connectivity index is 1.41. The summed E-state index contributed by atoms with van der Waals surface area (Å²) in [4.78, 5) is 14.1. The Hall–Kier alpha value is -2.22. The van der Waals surface area contributed by atoms with E-state index in [4.69, 9.17) is 0 Å². The van der Waals surface area contributed by atoms with Crippen molar-refractivity contribution in [2.75, 3.05) is 26.7 Å². The van der Waals surface area contributed by atoms with E-state index in [1.165, 1.54) is 46.8 Å². The van der Waals surface area contributed by atoms with Gasteiger partial charge >= 0.3 is 5.97 Å². The van der Waals surface area contributed by atoms with Gasteiger partial charge in [-0.25, -0.2) is 13.2 Å². The zero-order valence-electron chi connectivity index (χ0n) is 15.2. The van der Waals surface area contributed by atoms with Gasteiger partial charge < -0.3 is 4.74 Å². The fourth-order valence-electron chi connectivity index (χ4n) is 3.70. The Morgan fingerprint density at radius 1 is 1.04 bits per heavy atom. The van der Waals surface area contributed by atoms with Gasteiger partial charge in [-0.1, -0.05) is 24.3 Å². The molecule has 0 N–H and O–H groups in total. The molecule has 142 valence electrons. The molecule has 2 aromatic carbocycles. The first-order chi connectivity index (χ1) is 13.0. The highest BCUT2D eigenvalue weighted by atomic mass is 32.2. The van der Waals surface area contributed by atoms with Crippen LogP contribution in [0.2, 0.25) is 0 Å². The minimum absolute atomic E-state index is 0.206. The van der Waals surface area contributed by atoms with Crippen LogP contribution >= 0.6 is 0 Å². The van der Waals surface area contributed by atoms with Gasteiger partial charge in [-0.05, 0) is 41.8 Å². The van der Waals surface area contributed by atoms with Gasteiger partial charge in [-0.15, -0.1) is 0 Å². The molecule has 2 aliphatic rings. The van der Waals surface area contributed by atoms with Crippen molar-refractivity contribution in [3.05, 3.63) is 65.2 Å². The van der Waals surface area contributed by atoms with Gasteiger partial charge in [0.2, 0.25) is 10.0 Å². The lowest BCUT2D eigenvalue weighted by Gasteiger charge is -2.46. The second-order valence-electron chi connectivity index (χ2n) is 6.98. The van der Waals surface area contributed by atoms with Crippen LogP contribution in [0.4, 0.5) is 0 Å². The Labute approximate surface area is 159 Å². The summed E-state index contributed by atoms with van der Waals surface area (Å²) >= 11 is 0. The van der Waals surface area contributed by atoms with Crippen LogP contribution in [0, 0.1) is 0 Å². The summed E-state index contributed by atoms with van der Waals surface area (Å²) in [5.74, 6) is -0.478. The van der Waals surface area contributed by atoms with Crippen LogP contribution in [-0.2, 0) is 27.7 Å². The number of esters is 1. The lowest BCUT2D eigenvalue weighted by atomic mass is 9.97. The summed E-state index contributed by atoms with van der Waals surface area (Å²) in [5, 5.41) is 0. The molecule has 2 aromatic rings. The summed E-state index contributed by atoms with van der Waals surface area (Å²) in [6.45, 7) is 2.85. The van der Waals surface area contributed by atoms with E-state index in [1.807, 2.05) is 0 Å². The number of methoxy groups -OCH3 is 1. The van der Waals surface area contributed by atoms with Gasteiger partial charge in [0.1, 0.15) is 0 Å². The topological polar surface area (TPSA) is 66.9 Å². The highest BCUT2D eigenvalue weighted by Crippen LogP contribution is 2.28. The number of rotatable bonds is 4. The normalized spacial score (nSPS) is 18.6. The van der Waals surface area contributed by atoms with Crippen LogP contribution in [-0.4, -0.2) is 56.4 Å². The summed E-state index contributed by atoms with van der Waals surface area (Å²) in [6.07, 6.45) is 1.01. The minimum atomic E-state index is -3.53. The number of nitrogens with zero attached hydrogens (tertiary/aromatic N) is 2. The van der Waals surface area contributed by atoms with E-state index in [0.717, 1.165) is 19.5 Å². The van der Waals surface area contributed by atoms with Crippen molar-refractivity contribution in [1.29, 1.82) is 0 Å². The van der Waals surface area contributed by atoms with E-state index in [0.29, 0.717) is 18.7 Å². The van der Waals surface area contributed by atoms with Gasteiger partial charge in [-0.2, -0.15) is 4.31 Å². The second kappa shape index (κ2) is 7.07. The molecule has 0 spiro atoms. The molecule has 6 nitrogen and oxygen atoms in total. The van der Waals surface area contributed by atoms with Crippen molar-refractivity contribution in [3.63, 3.8) is 0 Å². The molecule has 7 heteroatoms. The standard InChI is InChI=1S/C20H22N2O4S/c1-26-20(23)16-6-8-19(9-7-16)27(24,25)22-13-18(14-22)21-11-10-15-4-2-3-5-17(15)12-21/h2-9,18H,10-14H2,1H3. The Morgan fingerprint density at radius 2 is 1.70 bits per heavy atom. The lowest BCUT2D eigenvalue weighted by molar-refractivity contribution is 0.0600. The third kappa shape index (κ3) is 3.38. The van der Waals surface area contributed by atoms with E-state index in [1.54, 1.807) is 0 Å². The number of benzene rings is 2. The molecule has 0 atom stereocenters. The summed E-state index contributed by atoms with van der Waals surface area (Å²) < 4.78 is 31.7. The largest absolute Gasteiger partial charge is 0.465 e. The van der Waals surface area contributed by atoms with Gasteiger partial charge in [-0.3, -0.25) is 4.90 Å². The van der Waals surface area contributed by atoms with Gasteiger partial charge in [0.05, 0.1) is 17.6 Å². The molecule has 1 saturated heterocycles. The van der Waals surface area contributed by atoms with Crippen LogP contribution in [0.3, 0.4) is 0 Å². The molecule has 2 heterocycles. The van der Waals surface area contributed by atoms with Crippen LogP contribution < -0.4 is 0 Å². The van der Waals surface area contributed by atoms with Gasteiger partial charge in [0, 0.05) is 32.2 Å². The van der Waals surface area contributed by atoms with E-state index in [-0.39, 0.29) is 10.9 Å². The van der Waals surface area contributed by atoms with Crippen molar-refractivity contribution in [3.8, 4) is 0 Å². The van der Waals surface area contributed by atoms with Crippen LogP contribution in [0.25, 0.3) is 0 Å². The molecule has 4 rings (SSSR count). The minimum Gasteiger partial charge on any atom is -0.465 e. The lowest BCUT2D eigenvalue weighted by Crippen LogP contribution is -2.61. The molecule has 0 radical (unpaired) electrons. The molecule has 0 saturated carbocycles. The predicted molar refractivity (Wildman–Crippen MR) is 101 cm³/mol. The summed E-state index contributed by atoms with van der Waals surface area (Å²) in [6, 6.07) is 14.6. The highest BCUT2D eigenvalue weighted by Gasteiger charge is 2.40. The van der Waals surface area contributed by atoms with Gasteiger partial charge in [0.15, 0.2) is 0 Å². The number of hydrogen-bond acceptors (Lipinski definition) is 5. The molecular weight excluding hydrogens is 364 g/mol. The molecule has 0 bridgehead atoms. The first-order valence-electron chi connectivity index (χ1n) is 8.98.